The molecule has 0 spiro atoms. The lowest BCUT2D eigenvalue weighted by molar-refractivity contribution is -0.0512. The van der Waals surface area contributed by atoms with Crippen LogP contribution in [0.1, 0.15) is 16.1 Å². The van der Waals surface area contributed by atoms with Crippen LogP contribution in [-0.2, 0) is 6.54 Å². The van der Waals surface area contributed by atoms with Crippen LogP contribution in [0.2, 0.25) is 0 Å². The zero-order valence-corrected chi connectivity index (χ0v) is 13.3. The minimum absolute atomic E-state index is 0.122. The average molecular weight is 347 g/mol. The summed E-state index contributed by atoms with van der Waals surface area (Å²) in [6, 6.07) is 9.67. The maximum atomic E-state index is 12.5. The Hall–Kier alpha value is -3.16. The Morgan fingerprint density at radius 2 is 2.12 bits per heavy atom. The fourth-order valence-electron chi connectivity index (χ4n) is 2.35. The SMILES string of the molecule is COc1ccc(C(=O)NCc2cn3ccccc3n2)cc1OC(F)F. The summed E-state index contributed by atoms with van der Waals surface area (Å²) in [6.45, 7) is -2.80. The molecule has 1 amide bonds. The maximum absolute atomic E-state index is 12.5. The van der Waals surface area contributed by atoms with Gasteiger partial charge in [-0.15, -0.1) is 0 Å². The number of benzene rings is 1. The van der Waals surface area contributed by atoms with E-state index in [1.807, 2.05) is 28.8 Å². The summed E-state index contributed by atoms with van der Waals surface area (Å²) in [5.74, 6) is -0.506. The molecule has 0 radical (unpaired) electrons. The second-order valence-electron chi connectivity index (χ2n) is 5.13. The van der Waals surface area contributed by atoms with Crippen molar-refractivity contribution in [1.82, 2.24) is 14.7 Å². The fraction of sp³-hybridized carbons (Fsp3) is 0.176. The van der Waals surface area contributed by atoms with E-state index in [-0.39, 0.29) is 23.6 Å². The number of nitrogens with one attached hydrogen (secondary N) is 1. The summed E-state index contributed by atoms with van der Waals surface area (Å²) in [4.78, 5) is 16.6. The number of fused-ring (bicyclic) bond motifs is 1. The molecule has 25 heavy (non-hydrogen) atoms. The summed E-state index contributed by atoms with van der Waals surface area (Å²) >= 11 is 0. The number of pyridine rings is 1. The lowest BCUT2D eigenvalue weighted by Crippen LogP contribution is -2.23. The highest BCUT2D eigenvalue weighted by atomic mass is 19.3. The molecule has 3 rings (SSSR count). The minimum Gasteiger partial charge on any atom is -0.493 e. The van der Waals surface area contributed by atoms with Crippen molar-refractivity contribution in [2.45, 2.75) is 13.2 Å². The topological polar surface area (TPSA) is 64.9 Å². The van der Waals surface area contributed by atoms with Crippen molar-refractivity contribution in [2.75, 3.05) is 7.11 Å². The third-order valence-electron chi connectivity index (χ3n) is 3.49. The molecule has 0 fully saturated rings. The lowest BCUT2D eigenvalue weighted by Gasteiger charge is -2.11. The Morgan fingerprint density at radius 1 is 1.28 bits per heavy atom. The van der Waals surface area contributed by atoms with E-state index in [1.54, 1.807) is 6.20 Å². The number of carbonyl (C=O) groups excluding carboxylic acids is 1. The van der Waals surface area contributed by atoms with Crippen LogP contribution in [0.15, 0.2) is 48.8 Å². The molecule has 1 aromatic carbocycles. The Labute approximate surface area is 142 Å². The Kier molecular flexibility index (Phi) is 4.78. The van der Waals surface area contributed by atoms with Crippen LogP contribution in [0.3, 0.4) is 0 Å². The first-order valence-corrected chi connectivity index (χ1v) is 7.40. The molecule has 2 heterocycles. The van der Waals surface area contributed by atoms with Gasteiger partial charge in [-0.25, -0.2) is 4.98 Å². The van der Waals surface area contributed by atoms with E-state index in [9.17, 15) is 13.6 Å². The summed E-state index contributed by atoms with van der Waals surface area (Å²) in [7, 11) is 1.33. The summed E-state index contributed by atoms with van der Waals surface area (Å²) in [5.41, 5.74) is 1.63. The number of halogens is 2. The van der Waals surface area contributed by atoms with Gasteiger partial charge in [0, 0.05) is 18.0 Å². The van der Waals surface area contributed by atoms with Crippen LogP contribution < -0.4 is 14.8 Å². The van der Waals surface area contributed by atoms with Crippen LogP contribution in [0.5, 0.6) is 11.5 Å². The second kappa shape index (κ2) is 7.16. The molecule has 0 unspecified atom stereocenters. The molecule has 0 aliphatic heterocycles. The predicted molar refractivity (Wildman–Crippen MR) is 86.0 cm³/mol. The van der Waals surface area contributed by atoms with Crippen LogP contribution in [-0.4, -0.2) is 29.0 Å². The van der Waals surface area contributed by atoms with Gasteiger partial charge in [-0.05, 0) is 30.3 Å². The smallest absolute Gasteiger partial charge is 0.387 e. The molecular formula is C17H15F2N3O3. The number of imidazole rings is 1. The first kappa shape index (κ1) is 16.7. The monoisotopic (exact) mass is 347 g/mol. The lowest BCUT2D eigenvalue weighted by atomic mass is 10.2. The summed E-state index contributed by atoms with van der Waals surface area (Å²) < 4.78 is 36.1. The Morgan fingerprint density at radius 3 is 2.84 bits per heavy atom. The highest BCUT2D eigenvalue weighted by Crippen LogP contribution is 2.29. The highest BCUT2D eigenvalue weighted by molar-refractivity contribution is 5.94. The number of hydrogen-bond donors (Lipinski definition) is 1. The largest absolute Gasteiger partial charge is 0.493 e. The van der Waals surface area contributed by atoms with E-state index in [4.69, 9.17) is 4.74 Å². The normalized spacial score (nSPS) is 10.9. The minimum atomic E-state index is -3.01. The van der Waals surface area contributed by atoms with Gasteiger partial charge in [0.15, 0.2) is 11.5 Å². The van der Waals surface area contributed by atoms with Crippen molar-refractivity contribution < 1.29 is 23.0 Å². The number of rotatable bonds is 6. The standard InChI is InChI=1S/C17H15F2N3O3/c1-24-13-6-5-11(8-14(13)25-17(18)19)16(23)20-9-12-10-22-7-3-2-4-15(22)21-12/h2-8,10,17H,9H2,1H3,(H,20,23). The maximum Gasteiger partial charge on any atom is 0.387 e. The summed E-state index contributed by atoms with van der Waals surface area (Å²) in [6.07, 6.45) is 3.65. The highest BCUT2D eigenvalue weighted by Gasteiger charge is 2.14. The summed E-state index contributed by atoms with van der Waals surface area (Å²) in [5, 5.41) is 2.70. The van der Waals surface area contributed by atoms with Crippen molar-refractivity contribution in [2.24, 2.45) is 0 Å². The van der Waals surface area contributed by atoms with Gasteiger partial charge < -0.3 is 19.2 Å². The number of carbonyl (C=O) groups is 1. The zero-order valence-electron chi connectivity index (χ0n) is 13.3. The van der Waals surface area contributed by atoms with E-state index in [0.717, 1.165) is 5.65 Å². The molecule has 0 aliphatic rings. The first-order chi connectivity index (χ1) is 12.1. The van der Waals surface area contributed by atoms with Gasteiger partial charge >= 0.3 is 6.61 Å². The van der Waals surface area contributed by atoms with Crippen LogP contribution in [0.4, 0.5) is 8.78 Å². The van der Waals surface area contributed by atoms with Gasteiger partial charge in [0.2, 0.25) is 0 Å². The Bertz CT molecular complexity index is 863. The van der Waals surface area contributed by atoms with Crippen molar-refractivity contribution in [1.29, 1.82) is 0 Å². The molecule has 3 aromatic rings. The van der Waals surface area contributed by atoms with Gasteiger partial charge in [-0.3, -0.25) is 4.79 Å². The van der Waals surface area contributed by atoms with E-state index in [2.05, 4.69) is 15.0 Å². The van der Waals surface area contributed by atoms with Crippen molar-refractivity contribution in [3.8, 4) is 11.5 Å². The molecule has 0 bridgehead atoms. The van der Waals surface area contributed by atoms with Crippen molar-refractivity contribution in [3.63, 3.8) is 0 Å². The molecule has 0 atom stereocenters. The number of methoxy groups -OCH3 is 1. The van der Waals surface area contributed by atoms with Gasteiger partial charge in [0.25, 0.3) is 5.91 Å². The van der Waals surface area contributed by atoms with Gasteiger partial charge in [-0.2, -0.15) is 8.78 Å². The van der Waals surface area contributed by atoms with Crippen LogP contribution >= 0.6 is 0 Å². The third-order valence-corrected chi connectivity index (χ3v) is 3.49. The van der Waals surface area contributed by atoms with E-state index < -0.39 is 12.5 Å². The fourth-order valence-corrected chi connectivity index (χ4v) is 2.35. The molecule has 0 saturated carbocycles. The molecule has 1 N–H and O–H groups in total. The molecule has 0 saturated heterocycles. The molecule has 6 nitrogen and oxygen atoms in total. The number of alkyl halides is 2. The van der Waals surface area contributed by atoms with Crippen LogP contribution in [0, 0.1) is 0 Å². The van der Waals surface area contributed by atoms with E-state index >= 15 is 0 Å². The number of nitrogens with zero attached hydrogens (tertiary/aromatic N) is 2. The molecular weight excluding hydrogens is 332 g/mol. The molecule has 0 aliphatic carbocycles. The number of aromatic nitrogens is 2. The van der Waals surface area contributed by atoms with E-state index in [0.29, 0.717) is 5.69 Å². The van der Waals surface area contributed by atoms with E-state index in [1.165, 1.54) is 25.3 Å². The first-order valence-electron chi connectivity index (χ1n) is 7.40. The number of hydrogen-bond acceptors (Lipinski definition) is 4. The van der Waals surface area contributed by atoms with Gasteiger partial charge in [0.1, 0.15) is 5.65 Å². The molecule has 130 valence electrons. The van der Waals surface area contributed by atoms with Gasteiger partial charge in [-0.1, -0.05) is 6.07 Å². The predicted octanol–water partition coefficient (Wildman–Crippen LogP) is 2.87. The van der Waals surface area contributed by atoms with Crippen molar-refractivity contribution in [3.05, 3.63) is 60.0 Å². The van der Waals surface area contributed by atoms with Gasteiger partial charge in [0.05, 0.1) is 19.3 Å². The number of amides is 1. The van der Waals surface area contributed by atoms with Crippen LogP contribution in [0.25, 0.3) is 5.65 Å². The average Bonchev–Trinajstić information content (AvgIpc) is 3.02. The Balaban J connectivity index is 1.72. The number of ether oxygens (including phenoxy) is 2. The zero-order chi connectivity index (χ0) is 17.8. The molecule has 2 aromatic heterocycles. The third kappa shape index (κ3) is 3.85. The second-order valence-corrected chi connectivity index (χ2v) is 5.13. The molecule has 8 heteroatoms. The quantitative estimate of drug-likeness (QED) is 0.745. The van der Waals surface area contributed by atoms with Crippen molar-refractivity contribution >= 4 is 11.6 Å².